The van der Waals surface area contributed by atoms with E-state index in [1.54, 1.807) is 17.1 Å². The Morgan fingerprint density at radius 3 is 2.93 bits per heavy atom. The average Bonchev–Trinajstić information content (AvgIpc) is 2.66. The molecule has 1 aromatic rings. The second-order valence-corrected chi connectivity index (χ2v) is 2.95. The number of ether oxygens (including phenoxy) is 1. The topological polar surface area (TPSA) is 44.1 Å². The zero-order valence-electron chi connectivity index (χ0n) is 8.69. The number of nitrogens with zero attached hydrogens (tertiary/aromatic N) is 2. The van der Waals surface area contributed by atoms with Crippen molar-refractivity contribution in [3.8, 4) is 0 Å². The van der Waals surface area contributed by atoms with Crippen LogP contribution < -0.4 is 0 Å². The molecule has 0 saturated carbocycles. The van der Waals surface area contributed by atoms with Crippen LogP contribution in [-0.2, 0) is 11.3 Å². The number of hydrogen-bond acceptors (Lipinski definition) is 3. The molecule has 0 radical (unpaired) electrons. The van der Waals surface area contributed by atoms with E-state index in [1.165, 1.54) is 0 Å². The first-order valence-electron chi connectivity index (χ1n) is 4.91. The zero-order chi connectivity index (χ0) is 10.4. The van der Waals surface area contributed by atoms with Crippen molar-refractivity contribution in [1.29, 1.82) is 0 Å². The molecule has 0 aliphatic heterocycles. The number of carbonyl (C=O) groups excluding carboxylic acids is 1. The lowest BCUT2D eigenvalue weighted by Gasteiger charge is -1.98. The van der Waals surface area contributed by atoms with Gasteiger partial charge in [-0.3, -0.25) is 9.48 Å². The molecule has 0 N–H and O–H groups in total. The molecular weight excluding hydrogens is 180 g/mol. The molecule has 0 amide bonds. The Balaban J connectivity index is 2.44. The SMILES string of the molecule is CCOCCC(=O)c1cnn(CC)c1. The highest BCUT2D eigenvalue weighted by Gasteiger charge is 2.07. The highest BCUT2D eigenvalue weighted by molar-refractivity contribution is 5.95. The number of hydrogen-bond donors (Lipinski definition) is 0. The molecule has 14 heavy (non-hydrogen) atoms. The largest absolute Gasteiger partial charge is 0.381 e. The van der Waals surface area contributed by atoms with Gasteiger partial charge in [0.2, 0.25) is 0 Å². The highest BCUT2D eigenvalue weighted by Crippen LogP contribution is 2.02. The molecule has 78 valence electrons. The smallest absolute Gasteiger partial charge is 0.168 e. The molecule has 1 aromatic heterocycles. The molecule has 0 spiro atoms. The molecule has 0 aromatic carbocycles. The number of aryl methyl sites for hydroxylation is 1. The summed E-state index contributed by atoms with van der Waals surface area (Å²) in [5.74, 6) is 0.0955. The van der Waals surface area contributed by atoms with E-state index in [2.05, 4.69) is 5.10 Å². The number of carbonyl (C=O) groups is 1. The lowest BCUT2D eigenvalue weighted by atomic mass is 10.2. The molecule has 0 aliphatic rings. The third-order valence-electron chi connectivity index (χ3n) is 1.96. The predicted octanol–water partition coefficient (Wildman–Crippen LogP) is 1.51. The quantitative estimate of drug-likeness (QED) is 0.511. The molecule has 0 unspecified atom stereocenters. The summed E-state index contributed by atoms with van der Waals surface area (Å²) < 4.78 is 6.85. The van der Waals surface area contributed by atoms with Crippen molar-refractivity contribution in [3.05, 3.63) is 18.0 Å². The van der Waals surface area contributed by atoms with Crippen LogP contribution >= 0.6 is 0 Å². The summed E-state index contributed by atoms with van der Waals surface area (Å²) in [7, 11) is 0. The van der Waals surface area contributed by atoms with Gasteiger partial charge in [-0.15, -0.1) is 0 Å². The van der Waals surface area contributed by atoms with Crippen molar-refractivity contribution >= 4 is 5.78 Å². The molecule has 0 aliphatic carbocycles. The molecule has 4 nitrogen and oxygen atoms in total. The lowest BCUT2D eigenvalue weighted by molar-refractivity contribution is 0.0896. The van der Waals surface area contributed by atoms with Crippen molar-refractivity contribution in [1.82, 2.24) is 9.78 Å². The second kappa shape index (κ2) is 5.54. The molecule has 0 fully saturated rings. The van der Waals surface area contributed by atoms with Crippen molar-refractivity contribution in [2.45, 2.75) is 26.8 Å². The monoisotopic (exact) mass is 196 g/mol. The third kappa shape index (κ3) is 2.96. The summed E-state index contributed by atoms with van der Waals surface area (Å²) in [6.45, 7) is 5.84. The van der Waals surface area contributed by atoms with E-state index >= 15 is 0 Å². The fourth-order valence-corrected chi connectivity index (χ4v) is 1.13. The van der Waals surface area contributed by atoms with Crippen LogP contribution in [0.15, 0.2) is 12.4 Å². The zero-order valence-corrected chi connectivity index (χ0v) is 8.69. The van der Waals surface area contributed by atoms with E-state index in [0.29, 0.717) is 25.2 Å². The minimum Gasteiger partial charge on any atom is -0.381 e. The van der Waals surface area contributed by atoms with Gasteiger partial charge in [-0.2, -0.15) is 5.10 Å². The van der Waals surface area contributed by atoms with Gasteiger partial charge in [0.1, 0.15) is 0 Å². The summed E-state index contributed by atoms with van der Waals surface area (Å²) in [6.07, 6.45) is 3.81. The predicted molar refractivity (Wildman–Crippen MR) is 53.3 cm³/mol. The van der Waals surface area contributed by atoms with Gasteiger partial charge in [-0.05, 0) is 13.8 Å². The van der Waals surface area contributed by atoms with E-state index < -0.39 is 0 Å². The Labute approximate surface area is 83.9 Å². The Morgan fingerprint density at radius 2 is 2.36 bits per heavy atom. The molecule has 0 atom stereocenters. The molecule has 0 saturated heterocycles. The van der Waals surface area contributed by atoms with Gasteiger partial charge in [0.15, 0.2) is 5.78 Å². The summed E-state index contributed by atoms with van der Waals surface area (Å²) >= 11 is 0. The fourth-order valence-electron chi connectivity index (χ4n) is 1.13. The molecule has 1 rings (SSSR count). The molecule has 0 bridgehead atoms. The summed E-state index contributed by atoms with van der Waals surface area (Å²) in [5, 5.41) is 4.04. The first-order chi connectivity index (χ1) is 6.77. The van der Waals surface area contributed by atoms with Gasteiger partial charge in [-0.1, -0.05) is 0 Å². The molecular formula is C10H16N2O2. The maximum absolute atomic E-state index is 11.5. The maximum Gasteiger partial charge on any atom is 0.168 e. The molecule has 4 heteroatoms. The highest BCUT2D eigenvalue weighted by atomic mass is 16.5. The van der Waals surface area contributed by atoms with Crippen LogP contribution in [0.2, 0.25) is 0 Å². The first-order valence-corrected chi connectivity index (χ1v) is 4.91. The van der Waals surface area contributed by atoms with E-state index in [0.717, 1.165) is 6.54 Å². The minimum absolute atomic E-state index is 0.0955. The van der Waals surface area contributed by atoms with Crippen LogP contribution in [0.4, 0.5) is 0 Å². The number of Topliss-reactive ketones (excluding diaryl/α,β-unsaturated/α-hetero) is 1. The Hall–Kier alpha value is -1.16. The van der Waals surface area contributed by atoms with Crippen molar-refractivity contribution in [2.75, 3.05) is 13.2 Å². The van der Waals surface area contributed by atoms with E-state index in [1.807, 2.05) is 13.8 Å². The van der Waals surface area contributed by atoms with E-state index in [4.69, 9.17) is 4.74 Å². The van der Waals surface area contributed by atoms with Crippen molar-refractivity contribution in [3.63, 3.8) is 0 Å². The van der Waals surface area contributed by atoms with Crippen LogP contribution in [0.5, 0.6) is 0 Å². The number of rotatable bonds is 6. The second-order valence-electron chi connectivity index (χ2n) is 2.95. The summed E-state index contributed by atoms with van der Waals surface area (Å²) in [6, 6.07) is 0. The van der Waals surface area contributed by atoms with Gasteiger partial charge in [0, 0.05) is 25.8 Å². The standard InChI is InChI=1S/C10H16N2O2/c1-3-12-8-9(7-11-12)10(13)5-6-14-4-2/h7-8H,3-6H2,1-2H3. The van der Waals surface area contributed by atoms with Crippen LogP contribution in [0, 0.1) is 0 Å². The summed E-state index contributed by atoms with van der Waals surface area (Å²) in [4.78, 5) is 11.5. The van der Waals surface area contributed by atoms with Crippen molar-refractivity contribution in [2.24, 2.45) is 0 Å². The van der Waals surface area contributed by atoms with Crippen molar-refractivity contribution < 1.29 is 9.53 Å². The van der Waals surface area contributed by atoms with Crippen LogP contribution in [0.1, 0.15) is 30.6 Å². The van der Waals surface area contributed by atoms with Gasteiger partial charge >= 0.3 is 0 Å². The fraction of sp³-hybridized carbons (Fsp3) is 0.600. The van der Waals surface area contributed by atoms with Gasteiger partial charge in [-0.25, -0.2) is 0 Å². The van der Waals surface area contributed by atoms with Crippen LogP contribution in [0.25, 0.3) is 0 Å². The first kappa shape index (κ1) is 10.9. The van der Waals surface area contributed by atoms with Crippen LogP contribution in [0.3, 0.4) is 0 Å². The van der Waals surface area contributed by atoms with E-state index in [-0.39, 0.29) is 5.78 Å². The van der Waals surface area contributed by atoms with Crippen LogP contribution in [-0.4, -0.2) is 28.8 Å². The Morgan fingerprint density at radius 1 is 1.57 bits per heavy atom. The average molecular weight is 196 g/mol. The minimum atomic E-state index is 0.0955. The van der Waals surface area contributed by atoms with E-state index in [9.17, 15) is 4.79 Å². The van der Waals surface area contributed by atoms with Gasteiger partial charge < -0.3 is 4.74 Å². The number of aromatic nitrogens is 2. The summed E-state index contributed by atoms with van der Waals surface area (Å²) in [5.41, 5.74) is 0.673. The Bertz CT molecular complexity index is 294. The van der Waals surface area contributed by atoms with Gasteiger partial charge in [0.05, 0.1) is 18.4 Å². The Kier molecular flexibility index (Phi) is 4.32. The normalized spacial score (nSPS) is 10.4. The third-order valence-corrected chi connectivity index (χ3v) is 1.96. The molecule has 1 heterocycles. The number of ketones is 1. The maximum atomic E-state index is 11.5. The lowest BCUT2D eigenvalue weighted by Crippen LogP contribution is -2.03. The van der Waals surface area contributed by atoms with Gasteiger partial charge in [0.25, 0.3) is 0 Å².